The highest BCUT2D eigenvalue weighted by Gasteiger charge is 2.30. The van der Waals surface area contributed by atoms with Crippen LogP contribution in [-0.2, 0) is 17.8 Å². The lowest BCUT2D eigenvalue weighted by Gasteiger charge is -2.31. The van der Waals surface area contributed by atoms with Crippen LogP contribution < -0.4 is 10.6 Å². The highest BCUT2D eigenvalue weighted by atomic mass is 16.5. The van der Waals surface area contributed by atoms with Crippen molar-refractivity contribution in [3.8, 4) is 0 Å². The van der Waals surface area contributed by atoms with Gasteiger partial charge in [0.25, 0.3) is 0 Å². The Labute approximate surface area is 182 Å². The number of rotatable bonds is 6. The monoisotopic (exact) mass is 413 g/mol. The SMILES string of the molecule is CN=C(NCc1cccc(CN2CCOC(C)C2)c1)NC1CCN(C2CCCC2)C1. The molecule has 1 aromatic rings. The first-order valence-corrected chi connectivity index (χ1v) is 11.8. The summed E-state index contributed by atoms with van der Waals surface area (Å²) in [6, 6.07) is 10.2. The van der Waals surface area contributed by atoms with E-state index in [0.717, 1.165) is 51.3 Å². The average Bonchev–Trinajstić information content (AvgIpc) is 3.43. The predicted octanol–water partition coefficient (Wildman–Crippen LogP) is 2.59. The lowest BCUT2D eigenvalue weighted by Crippen LogP contribution is -2.45. The Bertz CT molecular complexity index is 703. The predicted molar refractivity (Wildman–Crippen MR) is 123 cm³/mol. The summed E-state index contributed by atoms with van der Waals surface area (Å²) >= 11 is 0. The van der Waals surface area contributed by atoms with Crippen LogP contribution in [-0.4, -0.2) is 73.8 Å². The molecule has 4 rings (SSSR count). The molecule has 3 fully saturated rings. The van der Waals surface area contributed by atoms with E-state index in [1.807, 2.05) is 7.05 Å². The van der Waals surface area contributed by atoms with Crippen molar-refractivity contribution >= 4 is 5.96 Å². The van der Waals surface area contributed by atoms with Gasteiger partial charge in [-0.3, -0.25) is 14.8 Å². The molecule has 6 nitrogen and oxygen atoms in total. The molecule has 0 aromatic heterocycles. The number of guanidine groups is 1. The fraction of sp³-hybridized carbons (Fsp3) is 0.708. The maximum absolute atomic E-state index is 5.66. The van der Waals surface area contributed by atoms with E-state index in [-0.39, 0.29) is 0 Å². The maximum Gasteiger partial charge on any atom is 0.191 e. The highest BCUT2D eigenvalue weighted by Crippen LogP contribution is 2.26. The van der Waals surface area contributed by atoms with Gasteiger partial charge in [0.15, 0.2) is 5.96 Å². The topological polar surface area (TPSA) is 52.1 Å². The van der Waals surface area contributed by atoms with Crippen molar-refractivity contribution in [2.24, 2.45) is 4.99 Å². The largest absolute Gasteiger partial charge is 0.376 e. The fourth-order valence-corrected chi connectivity index (χ4v) is 5.21. The van der Waals surface area contributed by atoms with Crippen molar-refractivity contribution in [2.45, 2.75) is 70.3 Å². The van der Waals surface area contributed by atoms with E-state index in [9.17, 15) is 0 Å². The van der Waals surface area contributed by atoms with Crippen LogP contribution in [0.25, 0.3) is 0 Å². The second-order valence-corrected chi connectivity index (χ2v) is 9.23. The number of morpholine rings is 1. The van der Waals surface area contributed by atoms with Crippen LogP contribution in [0.4, 0.5) is 0 Å². The number of likely N-dealkylation sites (tertiary alicyclic amines) is 1. The second kappa shape index (κ2) is 10.6. The minimum Gasteiger partial charge on any atom is -0.376 e. The Kier molecular flexibility index (Phi) is 7.63. The van der Waals surface area contributed by atoms with Gasteiger partial charge in [0, 0.05) is 58.4 Å². The Morgan fingerprint density at radius 1 is 1.13 bits per heavy atom. The number of nitrogens with one attached hydrogen (secondary N) is 2. The summed E-state index contributed by atoms with van der Waals surface area (Å²) in [7, 11) is 1.87. The highest BCUT2D eigenvalue weighted by molar-refractivity contribution is 5.80. The molecule has 3 aliphatic rings. The van der Waals surface area contributed by atoms with Crippen molar-refractivity contribution in [1.29, 1.82) is 0 Å². The van der Waals surface area contributed by atoms with E-state index in [4.69, 9.17) is 4.74 Å². The quantitative estimate of drug-likeness (QED) is 0.555. The third-order valence-electron chi connectivity index (χ3n) is 6.81. The van der Waals surface area contributed by atoms with Gasteiger partial charge in [-0.15, -0.1) is 0 Å². The summed E-state index contributed by atoms with van der Waals surface area (Å²) in [5, 5.41) is 7.17. The molecule has 6 heteroatoms. The van der Waals surface area contributed by atoms with Crippen molar-refractivity contribution in [3.63, 3.8) is 0 Å². The van der Waals surface area contributed by atoms with Crippen LogP contribution >= 0.6 is 0 Å². The first-order valence-electron chi connectivity index (χ1n) is 11.8. The number of hydrogen-bond donors (Lipinski definition) is 2. The Balaban J connectivity index is 1.24. The summed E-state index contributed by atoms with van der Waals surface area (Å²) in [6.07, 6.45) is 7.14. The van der Waals surface area contributed by atoms with E-state index >= 15 is 0 Å². The van der Waals surface area contributed by atoms with Crippen LogP contribution in [0.1, 0.15) is 50.2 Å². The summed E-state index contributed by atoms with van der Waals surface area (Å²) in [5.41, 5.74) is 2.67. The van der Waals surface area contributed by atoms with E-state index < -0.39 is 0 Å². The normalized spacial score (nSPS) is 26.9. The van der Waals surface area contributed by atoms with Crippen molar-refractivity contribution in [1.82, 2.24) is 20.4 Å². The first kappa shape index (κ1) is 21.6. The van der Waals surface area contributed by atoms with Crippen LogP contribution in [0.2, 0.25) is 0 Å². The van der Waals surface area contributed by atoms with Crippen LogP contribution in [0, 0.1) is 0 Å². The molecule has 2 aliphatic heterocycles. The van der Waals surface area contributed by atoms with E-state index in [1.165, 1.54) is 49.8 Å². The third-order valence-corrected chi connectivity index (χ3v) is 6.81. The molecule has 1 aromatic carbocycles. The number of aliphatic imine (C=N–C) groups is 1. The van der Waals surface area contributed by atoms with Gasteiger partial charge < -0.3 is 15.4 Å². The summed E-state index contributed by atoms with van der Waals surface area (Å²) in [6.45, 7) is 9.19. The second-order valence-electron chi connectivity index (χ2n) is 9.23. The van der Waals surface area contributed by atoms with Crippen molar-refractivity contribution in [3.05, 3.63) is 35.4 Å². The number of hydrogen-bond acceptors (Lipinski definition) is 4. The fourth-order valence-electron chi connectivity index (χ4n) is 5.21. The lowest BCUT2D eigenvalue weighted by atomic mass is 10.1. The average molecular weight is 414 g/mol. The van der Waals surface area contributed by atoms with E-state index in [0.29, 0.717) is 12.1 Å². The molecule has 0 bridgehead atoms. The Hall–Kier alpha value is -1.63. The smallest absolute Gasteiger partial charge is 0.191 e. The van der Waals surface area contributed by atoms with Crippen molar-refractivity contribution < 1.29 is 4.74 Å². The molecule has 0 radical (unpaired) electrons. The molecule has 1 saturated carbocycles. The van der Waals surface area contributed by atoms with Crippen LogP contribution in [0.5, 0.6) is 0 Å². The summed E-state index contributed by atoms with van der Waals surface area (Å²) in [5.74, 6) is 0.917. The van der Waals surface area contributed by atoms with E-state index in [1.54, 1.807) is 0 Å². The maximum atomic E-state index is 5.66. The zero-order valence-electron chi connectivity index (χ0n) is 18.8. The number of benzene rings is 1. The molecule has 2 heterocycles. The first-order chi connectivity index (χ1) is 14.7. The molecule has 0 spiro atoms. The van der Waals surface area contributed by atoms with Gasteiger partial charge in [-0.05, 0) is 37.3 Å². The Morgan fingerprint density at radius 3 is 2.77 bits per heavy atom. The number of ether oxygens (including phenoxy) is 1. The van der Waals surface area contributed by atoms with Gasteiger partial charge >= 0.3 is 0 Å². The molecular formula is C24H39N5O. The molecule has 2 atom stereocenters. The number of nitrogens with zero attached hydrogens (tertiary/aromatic N) is 3. The van der Waals surface area contributed by atoms with Crippen LogP contribution in [0.15, 0.2) is 29.3 Å². The third kappa shape index (κ3) is 5.96. The zero-order chi connectivity index (χ0) is 20.8. The summed E-state index contributed by atoms with van der Waals surface area (Å²) in [4.78, 5) is 9.64. The molecule has 2 saturated heterocycles. The Morgan fingerprint density at radius 2 is 1.97 bits per heavy atom. The van der Waals surface area contributed by atoms with E-state index in [2.05, 4.69) is 56.6 Å². The molecule has 166 valence electrons. The van der Waals surface area contributed by atoms with Gasteiger partial charge in [0.05, 0.1) is 12.7 Å². The lowest BCUT2D eigenvalue weighted by molar-refractivity contribution is -0.0212. The van der Waals surface area contributed by atoms with Crippen LogP contribution in [0.3, 0.4) is 0 Å². The van der Waals surface area contributed by atoms with Gasteiger partial charge in [0.1, 0.15) is 0 Å². The molecule has 2 unspecified atom stereocenters. The molecule has 2 N–H and O–H groups in total. The zero-order valence-corrected chi connectivity index (χ0v) is 18.8. The van der Waals surface area contributed by atoms with Crippen molar-refractivity contribution in [2.75, 3.05) is 39.8 Å². The minimum atomic E-state index is 0.332. The molecule has 0 amide bonds. The summed E-state index contributed by atoms with van der Waals surface area (Å²) < 4.78 is 5.66. The minimum absolute atomic E-state index is 0.332. The molecule has 1 aliphatic carbocycles. The standard InChI is InChI=1S/C24H39N5O/c1-19-16-28(12-13-30-19)17-21-7-5-6-20(14-21)15-26-24(25-2)27-22-10-11-29(18-22)23-8-3-4-9-23/h5-7,14,19,22-23H,3-4,8-13,15-18H2,1-2H3,(H2,25,26,27). The molecular weight excluding hydrogens is 374 g/mol. The van der Waals surface area contributed by atoms with Gasteiger partial charge in [-0.25, -0.2) is 0 Å². The van der Waals surface area contributed by atoms with Gasteiger partial charge in [-0.1, -0.05) is 37.1 Å². The van der Waals surface area contributed by atoms with Gasteiger partial charge in [0.2, 0.25) is 0 Å². The molecule has 30 heavy (non-hydrogen) atoms. The van der Waals surface area contributed by atoms with Gasteiger partial charge in [-0.2, -0.15) is 0 Å².